The molecular formula is C13H20N2O2. The summed E-state index contributed by atoms with van der Waals surface area (Å²) in [5.74, 6) is 0.362. The van der Waals surface area contributed by atoms with Crippen LogP contribution in [0.1, 0.15) is 6.42 Å². The zero-order chi connectivity index (χ0) is 12.7. The number of allylic oxidation sites excluding steroid dienone is 2. The molecule has 2 rings (SSSR count). The van der Waals surface area contributed by atoms with Gasteiger partial charge in [-0.15, -0.1) is 0 Å². The zero-order valence-electron chi connectivity index (χ0n) is 10.9. The standard InChI is InChI=1S/C13H20N2O2/c1-14(2)12(16)10-8-5-6-9(7-8)11(10)13(17)15(3)4/h5-6,8-11H,7H2,1-4H3/t8-,9-,10-,11-/m0/s1. The van der Waals surface area contributed by atoms with Crippen LogP contribution in [0.3, 0.4) is 0 Å². The van der Waals surface area contributed by atoms with Crippen molar-refractivity contribution in [2.75, 3.05) is 28.2 Å². The van der Waals surface area contributed by atoms with Crippen LogP contribution in [0.2, 0.25) is 0 Å². The Balaban J connectivity index is 2.27. The molecule has 2 aliphatic carbocycles. The van der Waals surface area contributed by atoms with Crippen molar-refractivity contribution in [3.63, 3.8) is 0 Å². The number of fused-ring (bicyclic) bond motifs is 2. The Morgan fingerprint density at radius 1 is 0.882 bits per heavy atom. The summed E-state index contributed by atoms with van der Waals surface area (Å²) < 4.78 is 0. The Morgan fingerprint density at radius 2 is 1.24 bits per heavy atom. The second-order valence-corrected chi connectivity index (χ2v) is 5.47. The number of hydrogen-bond donors (Lipinski definition) is 0. The Kier molecular flexibility index (Phi) is 2.98. The summed E-state index contributed by atoms with van der Waals surface area (Å²) in [5.41, 5.74) is 0. The van der Waals surface area contributed by atoms with Gasteiger partial charge in [0.05, 0.1) is 11.8 Å². The van der Waals surface area contributed by atoms with Gasteiger partial charge in [0.25, 0.3) is 0 Å². The molecule has 94 valence electrons. The van der Waals surface area contributed by atoms with E-state index in [0.717, 1.165) is 6.42 Å². The molecule has 1 fully saturated rings. The molecule has 0 spiro atoms. The summed E-state index contributed by atoms with van der Waals surface area (Å²) in [6, 6.07) is 0. The van der Waals surface area contributed by atoms with Crippen molar-refractivity contribution in [1.29, 1.82) is 0 Å². The summed E-state index contributed by atoms with van der Waals surface area (Å²) in [6.45, 7) is 0. The van der Waals surface area contributed by atoms with E-state index in [0.29, 0.717) is 0 Å². The molecule has 0 aliphatic heterocycles. The predicted octanol–water partition coefficient (Wildman–Crippen LogP) is 0.601. The lowest BCUT2D eigenvalue weighted by molar-refractivity contribution is -0.144. The number of carbonyl (C=O) groups excluding carboxylic acids is 2. The number of carbonyl (C=O) groups is 2. The zero-order valence-corrected chi connectivity index (χ0v) is 10.9. The molecule has 0 N–H and O–H groups in total. The number of hydrogen-bond acceptors (Lipinski definition) is 2. The number of rotatable bonds is 2. The smallest absolute Gasteiger partial charge is 0.226 e. The van der Waals surface area contributed by atoms with Crippen LogP contribution in [0.4, 0.5) is 0 Å². The van der Waals surface area contributed by atoms with Crippen LogP contribution in [-0.2, 0) is 9.59 Å². The maximum Gasteiger partial charge on any atom is 0.226 e. The van der Waals surface area contributed by atoms with E-state index in [4.69, 9.17) is 0 Å². The third-order valence-corrected chi connectivity index (χ3v) is 3.91. The average molecular weight is 236 g/mol. The minimum absolute atomic E-state index is 0.0852. The maximum absolute atomic E-state index is 12.2. The summed E-state index contributed by atoms with van der Waals surface area (Å²) in [4.78, 5) is 27.6. The quantitative estimate of drug-likeness (QED) is 0.659. The first-order chi connectivity index (χ1) is 7.93. The molecule has 1 saturated carbocycles. The molecule has 2 bridgehead atoms. The van der Waals surface area contributed by atoms with Crippen LogP contribution >= 0.6 is 0 Å². The van der Waals surface area contributed by atoms with Gasteiger partial charge in [0.2, 0.25) is 11.8 Å². The number of nitrogens with zero attached hydrogens (tertiary/aromatic N) is 2. The molecule has 2 aliphatic rings. The third kappa shape index (κ3) is 1.85. The second kappa shape index (κ2) is 4.17. The molecule has 0 aromatic carbocycles. The molecule has 0 unspecified atom stereocenters. The third-order valence-electron chi connectivity index (χ3n) is 3.91. The lowest BCUT2D eigenvalue weighted by atomic mass is 9.81. The Hall–Kier alpha value is -1.32. The van der Waals surface area contributed by atoms with Crippen LogP contribution in [0.5, 0.6) is 0 Å². The summed E-state index contributed by atoms with van der Waals surface area (Å²) in [7, 11) is 7.04. The van der Waals surface area contributed by atoms with Crippen LogP contribution in [0.15, 0.2) is 12.2 Å². The molecule has 0 aromatic rings. The normalized spacial score (nSPS) is 33.9. The summed E-state index contributed by atoms with van der Waals surface area (Å²) >= 11 is 0. The molecule has 4 atom stereocenters. The number of amides is 2. The summed E-state index contributed by atoms with van der Waals surface area (Å²) in [6.07, 6.45) is 5.17. The lowest BCUT2D eigenvalue weighted by Crippen LogP contribution is -2.43. The minimum Gasteiger partial charge on any atom is -0.349 e. The van der Waals surface area contributed by atoms with Crippen molar-refractivity contribution in [3.05, 3.63) is 12.2 Å². The first-order valence-corrected chi connectivity index (χ1v) is 6.04. The van der Waals surface area contributed by atoms with Crippen molar-refractivity contribution in [3.8, 4) is 0 Å². The van der Waals surface area contributed by atoms with E-state index in [2.05, 4.69) is 12.2 Å². The van der Waals surface area contributed by atoms with E-state index in [9.17, 15) is 9.59 Å². The first-order valence-electron chi connectivity index (χ1n) is 6.04. The molecule has 0 saturated heterocycles. The molecule has 2 amide bonds. The van der Waals surface area contributed by atoms with Crippen LogP contribution in [-0.4, -0.2) is 49.8 Å². The molecule has 4 heteroatoms. The second-order valence-electron chi connectivity index (χ2n) is 5.47. The van der Waals surface area contributed by atoms with Gasteiger partial charge in [0, 0.05) is 28.2 Å². The Bertz CT molecular complexity index is 340. The monoisotopic (exact) mass is 236 g/mol. The van der Waals surface area contributed by atoms with Crippen molar-refractivity contribution in [2.24, 2.45) is 23.7 Å². The fourth-order valence-corrected chi connectivity index (χ4v) is 3.09. The van der Waals surface area contributed by atoms with Crippen molar-refractivity contribution >= 4 is 11.8 Å². The average Bonchev–Trinajstić information content (AvgIpc) is 2.85. The molecule has 0 heterocycles. The Morgan fingerprint density at radius 3 is 1.53 bits per heavy atom. The SMILES string of the molecule is CN(C)C(=O)[C@@H]1[C@@H](C(=O)N(C)C)[C@H]2C=C[C@H]1C2. The minimum atomic E-state index is -0.158. The van der Waals surface area contributed by atoms with Gasteiger partial charge < -0.3 is 9.80 Å². The van der Waals surface area contributed by atoms with E-state index in [1.54, 1.807) is 38.0 Å². The molecule has 0 radical (unpaired) electrons. The molecular weight excluding hydrogens is 216 g/mol. The van der Waals surface area contributed by atoms with E-state index in [1.165, 1.54) is 0 Å². The van der Waals surface area contributed by atoms with Gasteiger partial charge in [-0.05, 0) is 18.3 Å². The van der Waals surface area contributed by atoms with Crippen molar-refractivity contribution in [2.45, 2.75) is 6.42 Å². The van der Waals surface area contributed by atoms with E-state index in [-0.39, 0.29) is 35.5 Å². The van der Waals surface area contributed by atoms with Crippen LogP contribution < -0.4 is 0 Å². The highest BCUT2D eigenvalue weighted by molar-refractivity contribution is 5.89. The highest BCUT2D eigenvalue weighted by Gasteiger charge is 2.52. The fourth-order valence-electron chi connectivity index (χ4n) is 3.09. The topological polar surface area (TPSA) is 40.6 Å². The van der Waals surface area contributed by atoms with Crippen LogP contribution in [0, 0.1) is 23.7 Å². The highest BCUT2D eigenvalue weighted by atomic mass is 16.2. The van der Waals surface area contributed by atoms with E-state index < -0.39 is 0 Å². The highest BCUT2D eigenvalue weighted by Crippen LogP contribution is 2.49. The van der Waals surface area contributed by atoms with Gasteiger partial charge in [-0.3, -0.25) is 9.59 Å². The largest absolute Gasteiger partial charge is 0.349 e. The molecule has 17 heavy (non-hydrogen) atoms. The van der Waals surface area contributed by atoms with Gasteiger partial charge in [-0.1, -0.05) is 12.2 Å². The van der Waals surface area contributed by atoms with Gasteiger partial charge in [-0.25, -0.2) is 0 Å². The van der Waals surface area contributed by atoms with Gasteiger partial charge in [0.15, 0.2) is 0 Å². The lowest BCUT2D eigenvalue weighted by Gasteiger charge is -2.30. The Labute approximate surface area is 102 Å². The van der Waals surface area contributed by atoms with Gasteiger partial charge >= 0.3 is 0 Å². The predicted molar refractivity (Wildman–Crippen MR) is 65.1 cm³/mol. The first kappa shape index (κ1) is 12.1. The van der Waals surface area contributed by atoms with E-state index in [1.807, 2.05) is 0 Å². The summed E-state index contributed by atoms with van der Waals surface area (Å²) in [5, 5.41) is 0. The van der Waals surface area contributed by atoms with Gasteiger partial charge in [0.1, 0.15) is 0 Å². The van der Waals surface area contributed by atoms with Crippen molar-refractivity contribution < 1.29 is 9.59 Å². The van der Waals surface area contributed by atoms with E-state index >= 15 is 0 Å². The maximum atomic E-state index is 12.2. The van der Waals surface area contributed by atoms with Crippen molar-refractivity contribution in [1.82, 2.24) is 9.80 Å². The molecule has 0 aromatic heterocycles. The fraction of sp³-hybridized carbons (Fsp3) is 0.692. The molecule has 4 nitrogen and oxygen atoms in total. The van der Waals surface area contributed by atoms with Crippen LogP contribution in [0.25, 0.3) is 0 Å². The van der Waals surface area contributed by atoms with Gasteiger partial charge in [-0.2, -0.15) is 0 Å².